The van der Waals surface area contributed by atoms with Gasteiger partial charge < -0.3 is 0 Å². The molecule has 6 nitrogen and oxygen atoms in total. The minimum Gasteiger partial charge on any atom is -0.272 e. The summed E-state index contributed by atoms with van der Waals surface area (Å²) in [4.78, 5) is 25.3. The summed E-state index contributed by atoms with van der Waals surface area (Å²) in [5.74, 6) is -3.74. The van der Waals surface area contributed by atoms with Gasteiger partial charge in [0.1, 0.15) is 0 Å². The van der Waals surface area contributed by atoms with Crippen LogP contribution in [0, 0.1) is 23.7 Å². The molecular formula is C17H22F3NO5S. The van der Waals surface area contributed by atoms with Gasteiger partial charge in [0, 0.05) is 0 Å². The molecule has 1 saturated heterocycles. The first kappa shape index (κ1) is 20.3. The smallest absolute Gasteiger partial charge is 0.272 e. The molecule has 0 aromatic heterocycles. The fraction of sp³-hybridized carbons (Fsp3) is 0.765. The number of imide groups is 1. The third-order valence-electron chi connectivity index (χ3n) is 5.82. The van der Waals surface area contributed by atoms with E-state index in [1.165, 1.54) is 0 Å². The van der Waals surface area contributed by atoms with Gasteiger partial charge in [-0.05, 0) is 24.7 Å². The second-order valence-electron chi connectivity index (χ2n) is 7.44. The zero-order valence-corrected chi connectivity index (χ0v) is 15.5. The molecule has 3 atom stereocenters. The van der Waals surface area contributed by atoms with Crippen molar-refractivity contribution in [1.29, 1.82) is 0 Å². The molecule has 1 aliphatic heterocycles. The lowest BCUT2D eigenvalue weighted by atomic mass is 9.72. The first-order valence-electron chi connectivity index (χ1n) is 9.17. The van der Waals surface area contributed by atoms with Crippen LogP contribution in [0.2, 0.25) is 0 Å². The molecule has 1 heterocycles. The van der Waals surface area contributed by atoms with Crippen molar-refractivity contribution in [3.63, 3.8) is 0 Å². The standard InChI is InChI=1S/C17H22F3NO5S/c18-17(19,20)27(24,25)26-21-15(22)13-10-6-5-9-12(14(13)16(21)23)11-7-3-1-2-4-8-11/h5-6,11-14H,1-4,7-10H2. The highest BCUT2D eigenvalue weighted by molar-refractivity contribution is 7.87. The number of rotatable bonds is 3. The van der Waals surface area contributed by atoms with Crippen LogP contribution in [-0.2, 0) is 24.0 Å². The lowest BCUT2D eigenvalue weighted by Crippen LogP contribution is -2.39. The van der Waals surface area contributed by atoms with E-state index in [1.54, 1.807) is 6.08 Å². The Labute approximate surface area is 155 Å². The van der Waals surface area contributed by atoms with Gasteiger partial charge in [-0.25, -0.2) is 0 Å². The van der Waals surface area contributed by atoms with Gasteiger partial charge >= 0.3 is 15.6 Å². The predicted octanol–water partition coefficient (Wildman–Crippen LogP) is 3.31. The molecule has 1 saturated carbocycles. The quantitative estimate of drug-likeness (QED) is 0.309. The van der Waals surface area contributed by atoms with Gasteiger partial charge in [-0.1, -0.05) is 50.7 Å². The largest absolute Gasteiger partial charge is 0.525 e. The monoisotopic (exact) mass is 409 g/mol. The molecule has 2 amide bonds. The number of hydroxylamine groups is 2. The second kappa shape index (κ2) is 7.54. The predicted molar refractivity (Wildman–Crippen MR) is 87.9 cm³/mol. The zero-order chi connectivity index (χ0) is 19.8. The number of alkyl halides is 3. The summed E-state index contributed by atoms with van der Waals surface area (Å²) >= 11 is 0. The van der Waals surface area contributed by atoms with Crippen LogP contribution in [0.1, 0.15) is 51.4 Å². The normalized spacial score (nSPS) is 30.9. The van der Waals surface area contributed by atoms with Crippen molar-refractivity contribution in [3.8, 4) is 0 Å². The van der Waals surface area contributed by atoms with Gasteiger partial charge in [-0.3, -0.25) is 9.59 Å². The van der Waals surface area contributed by atoms with Crippen molar-refractivity contribution < 1.29 is 35.5 Å². The molecule has 0 bridgehead atoms. The van der Waals surface area contributed by atoms with E-state index in [0.717, 1.165) is 38.5 Å². The van der Waals surface area contributed by atoms with Gasteiger partial charge in [-0.2, -0.15) is 21.6 Å². The molecular weight excluding hydrogens is 387 g/mol. The van der Waals surface area contributed by atoms with E-state index in [2.05, 4.69) is 4.28 Å². The Morgan fingerprint density at radius 2 is 1.56 bits per heavy atom. The highest BCUT2D eigenvalue weighted by Gasteiger charge is 2.57. The Kier molecular flexibility index (Phi) is 5.67. The molecule has 0 radical (unpaired) electrons. The molecule has 2 aliphatic carbocycles. The van der Waals surface area contributed by atoms with E-state index in [1.807, 2.05) is 6.08 Å². The molecule has 0 N–H and O–H groups in total. The number of allylic oxidation sites excluding steroid dienone is 2. The Morgan fingerprint density at radius 1 is 0.963 bits per heavy atom. The average molecular weight is 409 g/mol. The maximum absolute atomic E-state index is 12.8. The maximum atomic E-state index is 12.8. The number of hydrogen-bond acceptors (Lipinski definition) is 5. The summed E-state index contributed by atoms with van der Waals surface area (Å²) in [6.07, 6.45) is 10.4. The number of halogens is 3. The van der Waals surface area contributed by atoms with E-state index >= 15 is 0 Å². The van der Waals surface area contributed by atoms with Crippen molar-refractivity contribution in [2.24, 2.45) is 23.7 Å². The topological polar surface area (TPSA) is 80.8 Å². The zero-order valence-electron chi connectivity index (χ0n) is 14.7. The van der Waals surface area contributed by atoms with Crippen molar-refractivity contribution in [3.05, 3.63) is 12.2 Å². The van der Waals surface area contributed by atoms with Crippen molar-refractivity contribution in [2.75, 3.05) is 0 Å². The molecule has 27 heavy (non-hydrogen) atoms. The molecule has 0 aromatic rings. The third-order valence-corrected chi connectivity index (χ3v) is 6.74. The van der Waals surface area contributed by atoms with Gasteiger partial charge in [0.25, 0.3) is 11.8 Å². The summed E-state index contributed by atoms with van der Waals surface area (Å²) in [6, 6.07) is 0. The fourth-order valence-corrected chi connectivity index (χ4v) is 4.96. The maximum Gasteiger partial charge on any atom is 0.525 e. The number of amides is 2. The number of carbonyl (C=O) groups is 2. The van der Waals surface area contributed by atoms with Crippen LogP contribution in [0.5, 0.6) is 0 Å². The van der Waals surface area contributed by atoms with E-state index < -0.39 is 39.3 Å². The number of nitrogens with zero attached hydrogens (tertiary/aromatic N) is 1. The van der Waals surface area contributed by atoms with E-state index in [-0.39, 0.29) is 23.3 Å². The van der Waals surface area contributed by atoms with E-state index in [4.69, 9.17) is 0 Å². The molecule has 0 aromatic carbocycles. The van der Waals surface area contributed by atoms with Gasteiger partial charge in [0.05, 0.1) is 11.8 Å². The van der Waals surface area contributed by atoms with Crippen LogP contribution in [0.4, 0.5) is 13.2 Å². The van der Waals surface area contributed by atoms with Crippen LogP contribution in [-0.4, -0.2) is 30.8 Å². The molecule has 3 aliphatic rings. The van der Waals surface area contributed by atoms with E-state index in [0.29, 0.717) is 6.42 Å². The average Bonchev–Trinajstić information content (AvgIpc) is 2.87. The summed E-state index contributed by atoms with van der Waals surface area (Å²) in [5.41, 5.74) is -5.71. The van der Waals surface area contributed by atoms with Crippen LogP contribution in [0.15, 0.2) is 12.2 Å². The second-order valence-corrected chi connectivity index (χ2v) is 8.96. The van der Waals surface area contributed by atoms with Crippen LogP contribution >= 0.6 is 0 Å². The summed E-state index contributed by atoms with van der Waals surface area (Å²) in [7, 11) is -6.08. The Balaban J connectivity index is 1.88. The number of carbonyl (C=O) groups excluding carboxylic acids is 2. The first-order valence-corrected chi connectivity index (χ1v) is 10.6. The van der Waals surface area contributed by atoms with Crippen LogP contribution in [0.25, 0.3) is 0 Å². The lowest BCUT2D eigenvalue weighted by Gasteiger charge is -2.30. The summed E-state index contributed by atoms with van der Waals surface area (Å²) < 4.78 is 64.4. The third kappa shape index (κ3) is 3.91. The molecule has 3 rings (SSSR count). The van der Waals surface area contributed by atoms with E-state index in [9.17, 15) is 31.2 Å². The van der Waals surface area contributed by atoms with Crippen molar-refractivity contribution in [1.82, 2.24) is 5.06 Å². The molecule has 152 valence electrons. The van der Waals surface area contributed by atoms with Crippen LogP contribution in [0.3, 0.4) is 0 Å². The van der Waals surface area contributed by atoms with Crippen molar-refractivity contribution >= 4 is 21.9 Å². The summed E-state index contributed by atoms with van der Waals surface area (Å²) in [5, 5.41) is -0.166. The van der Waals surface area contributed by atoms with Crippen molar-refractivity contribution in [2.45, 2.75) is 56.9 Å². The highest BCUT2D eigenvalue weighted by Crippen LogP contribution is 2.45. The van der Waals surface area contributed by atoms with Gasteiger partial charge in [-0.15, -0.1) is 9.35 Å². The SMILES string of the molecule is O=C1C2CC=CCC(C3CCCCCC3)C2C(=O)N1OS(=O)(=O)C(F)(F)F. The Hall–Kier alpha value is -1.42. The minimum absolute atomic E-state index is 0.166. The summed E-state index contributed by atoms with van der Waals surface area (Å²) in [6.45, 7) is 0. The van der Waals surface area contributed by atoms with Gasteiger partial charge in [0.15, 0.2) is 0 Å². The molecule has 0 spiro atoms. The highest BCUT2D eigenvalue weighted by atomic mass is 32.2. The molecule has 10 heteroatoms. The number of hydrogen-bond donors (Lipinski definition) is 0. The molecule has 2 fully saturated rings. The molecule has 3 unspecified atom stereocenters. The fourth-order valence-electron chi connectivity index (χ4n) is 4.53. The lowest BCUT2D eigenvalue weighted by molar-refractivity contribution is -0.169. The Morgan fingerprint density at radius 3 is 2.15 bits per heavy atom. The first-order chi connectivity index (χ1) is 12.6. The Bertz CT molecular complexity index is 725. The van der Waals surface area contributed by atoms with Crippen LogP contribution < -0.4 is 0 Å². The van der Waals surface area contributed by atoms with Gasteiger partial charge in [0.2, 0.25) is 0 Å². The number of fused-ring (bicyclic) bond motifs is 1. The minimum atomic E-state index is -6.08.